The number of hydrogen-bond donors (Lipinski definition) is 3. The second kappa shape index (κ2) is 8.29. The Morgan fingerprint density at radius 3 is 2.57 bits per heavy atom. The molecule has 0 aliphatic heterocycles. The molecular weight excluding hydrogens is 378 g/mol. The van der Waals surface area contributed by atoms with E-state index in [0.717, 1.165) is 38.5 Å². The van der Waals surface area contributed by atoms with Crippen LogP contribution in [0.25, 0.3) is 0 Å². The lowest BCUT2D eigenvalue weighted by molar-refractivity contribution is -0.142. The van der Waals surface area contributed by atoms with Crippen LogP contribution in [0.5, 0.6) is 0 Å². The van der Waals surface area contributed by atoms with Crippen molar-refractivity contribution in [1.82, 2.24) is 15.6 Å². The highest BCUT2D eigenvalue weighted by Crippen LogP contribution is 2.55. The fourth-order valence-electron chi connectivity index (χ4n) is 5.99. The minimum absolute atomic E-state index is 0.00146. The van der Waals surface area contributed by atoms with Crippen LogP contribution < -0.4 is 10.6 Å². The second-order valence-electron chi connectivity index (χ2n) is 10.1. The Kier molecular flexibility index (Phi) is 5.88. The molecule has 0 aromatic carbocycles. The van der Waals surface area contributed by atoms with E-state index >= 15 is 0 Å². The topological polar surface area (TPSA) is 91.3 Å². The molecule has 7 unspecified atom stereocenters. The Morgan fingerprint density at radius 2 is 1.90 bits per heavy atom. The Balaban J connectivity index is 1.46. The molecular formula is C24H35N3O3. The van der Waals surface area contributed by atoms with Crippen LogP contribution in [0.1, 0.15) is 69.8 Å². The zero-order chi connectivity index (χ0) is 21.5. The minimum Gasteiger partial charge on any atom is -0.392 e. The summed E-state index contributed by atoms with van der Waals surface area (Å²) in [6, 6.07) is 5.67. The SMILES string of the molecule is CC(C(=O)NC1CC1)C1CCC2(C)CCC(NC(=O)c3ccccn3)C(C)C2C1O. The Hall–Kier alpha value is -1.95. The molecule has 164 valence electrons. The summed E-state index contributed by atoms with van der Waals surface area (Å²) in [5, 5.41) is 17.7. The van der Waals surface area contributed by atoms with Gasteiger partial charge in [-0.2, -0.15) is 0 Å². The number of aromatic nitrogens is 1. The summed E-state index contributed by atoms with van der Waals surface area (Å²) in [6.07, 6.45) is 7.01. The fourth-order valence-corrected chi connectivity index (χ4v) is 5.99. The molecule has 6 heteroatoms. The maximum absolute atomic E-state index is 12.7. The van der Waals surface area contributed by atoms with E-state index in [-0.39, 0.29) is 46.9 Å². The highest BCUT2D eigenvalue weighted by Gasteiger charge is 2.54. The average Bonchev–Trinajstić information content (AvgIpc) is 3.54. The lowest BCUT2D eigenvalue weighted by atomic mass is 9.51. The fraction of sp³-hybridized carbons (Fsp3) is 0.708. The number of nitrogens with zero attached hydrogens (tertiary/aromatic N) is 1. The minimum atomic E-state index is -0.534. The first-order chi connectivity index (χ1) is 14.3. The summed E-state index contributed by atoms with van der Waals surface area (Å²) in [6.45, 7) is 6.38. The predicted octanol–water partition coefficient (Wildman–Crippen LogP) is 2.92. The van der Waals surface area contributed by atoms with Gasteiger partial charge in [-0.15, -0.1) is 0 Å². The zero-order valence-corrected chi connectivity index (χ0v) is 18.3. The van der Waals surface area contributed by atoms with Crippen LogP contribution >= 0.6 is 0 Å². The van der Waals surface area contributed by atoms with E-state index in [4.69, 9.17) is 0 Å². The number of fused-ring (bicyclic) bond motifs is 1. The first kappa shape index (κ1) is 21.3. The van der Waals surface area contributed by atoms with Crippen LogP contribution in [-0.2, 0) is 4.79 Å². The third kappa shape index (κ3) is 4.11. The van der Waals surface area contributed by atoms with Crippen molar-refractivity contribution in [1.29, 1.82) is 0 Å². The van der Waals surface area contributed by atoms with Gasteiger partial charge in [-0.05, 0) is 73.8 Å². The first-order valence-corrected chi connectivity index (χ1v) is 11.5. The smallest absolute Gasteiger partial charge is 0.270 e. The standard InChI is InChI=1S/C24H35N3O3/c1-14(22(29)26-16-7-8-16)17-9-11-24(3)12-10-18(15(2)20(24)21(17)28)27-23(30)19-6-4-5-13-25-19/h4-6,13-18,20-21,28H,7-12H2,1-3H3,(H,26,29)(H,27,30). The Labute approximate surface area is 179 Å². The molecule has 0 saturated heterocycles. The zero-order valence-electron chi connectivity index (χ0n) is 18.3. The van der Waals surface area contributed by atoms with Crippen LogP contribution in [-0.4, -0.2) is 40.1 Å². The van der Waals surface area contributed by atoms with Gasteiger partial charge in [0.25, 0.3) is 5.91 Å². The molecule has 7 atom stereocenters. The van der Waals surface area contributed by atoms with Crippen molar-refractivity contribution in [3.8, 4) is 0 Å². The molecule has 4 rings (SSSR count). The van der Waals surface area contributed by atoms with E-state index in [1.54, 1.807) is 18.3 Å². The van der Waals surface area contributed by atoms with Gasteiger partial charge in [0.2, 0.25) is 5.91 Å². The number of carbonyl (C=O) groups is 2. The van der Waals surface area contributed by atoms with Gasteiger partial charge < -0.3 is 15.7 Å². The molecule has 6 nitrogen and oxygen atoms in total. The van der Waals surface area contributed by atoms with Crippen molar-refractivity contribution in [2.75, 3.05) is 0 Å². The molecule has 3 saturated carbocycles. The van der Waals surface area contributed by atoms with Crippen molar-refractivity contribution in [2.24, 2.45) is 29.1 Å². The third-order valence-electron chi connectivity index (χ3n) is 8.08. The van der Waals surface area contributed by atoms with Gasteiger partial charge in [0.05, 0.1) is 6.10 Å². The molecule has 3 aliphatic rings. The molecule has 30 heavy (non-hydrogen) atoms. The van der Waals surface area contributed by atoms with Gasteiger partial charge in [0.15, 0.2) is 0 Å². The molecule has 1 heterocycles. The molecule has 1 aromatic heterocycles. The second-order valence-corrected chi connectivity index (χ2v) is 10.1. The lowest BCUT2D eigenvalue weighted by Gasteiger charge is -2.56. The maximum atomic E-state index is 12.7. The number of carbonyl (C=O) groups excluding carboxylic acids is 2. The molecule has 3 fully saturated rings. The van der Waals surface area contributed by atoms with Gasteiger partial charge in [0.1, 0.15) is 5.69 Å². The largest absolute Gasteiger partial charge is 0.392 e. The van der Waals surface area contributed by atoms with Gasteiger partial charge >= 0.3 is 0 Å². The summed E-state index contributed by atoms with van der Waals surface area (Å²) in [7, 11) is 0. The number of nitrogens with one attached hydrogen (secondary N) is 2. The lowest BCUT2D eigenvalue weighted by Crippen LogP contribution is -2.58. The number of rotatable bonds is 5. The third-order valence-corrected chi connectivity index (χ3v) is 8.08. The quantitative estimate of drug-likeness (QED) is 0.692. The Morgan fingerprint density at radius 1 is 1.17 bits per heavy atom. The number of aliphatic hydroxyl groups excluding tert-OH is 1. The summed E-state index contributed by atoms with van der Waals surface area (Å²) in [4.78, 5) is 29.5. The van der Waals surface area contributed by atoms with Crippen LogP contribution in [0.15, 0.2) is 24.4 Å². The van der Waals surface area contributed by atoms with E-state index in [1.807, 2.05) is 13.0 Å². The summed E-state index contributed by atoms with van der Waals surface area (Å²) in [5.74, 6) is -0.109. The van der Waals surface area contributed by atoms with E-state index in [1.165, 1.54) is 0 Å². The molecule has 0 spiro atoms. The number of amides is 2. The van der Waals surface area contributed by atoms with E-state index < -0.39 is 6.10 Å². The monoisotopic (exact) mass is 413 g/mol. The van der Waals surface area contributed by atoms with Gasteiger partial charge in [-0.1, -0.05) is 26.8 Å². The number of hydrogen-bond acceptors (Lipinski definition) is 4. The van der Waals surface area contributed by atoms with Crippen molar-refractivity contribution >= 4 is 11.8 Å². The van der Waals surface area contributed by atoms with Crippen LogP contribution in [0.4, 0.5) is 0 Å². The van der Waals surface area contributed by atoms with Gasteiger partial charge in [0, 0.05) is 24.2 Å². The van der Waals surface area contributed by atoms with Crippen molar-refractivity contribution < 1.29 is 14.7 Å². The highest BCUT2D eigenvalue weighted by atomic mass is 16.3. The van der Waals surface area contributed by atoms with Crippen LogP contribution in [0.2, 0.25) is 0 Å². The van der Waals surface area contributed by atoms with Crippen molar-refractivity contribution in [2.45, 2.75) is 77.5 Å². The van der Waals surface area contributed by atoms with Crippen molar-refractivity contribution in [3.63, 3.8) is 0 Å². The molecule has 3 aliphatic carbocycles. The van der Waals surface area contributed by atoms with Crippen LogP contribution in [0, 0.1) is 29.1 Å². The number of pyridine rings is 1. The van der Waals surface area contributed by atoms with E-state index in [2.05, 4.69) is 29.5 Å². The molecule has 1 aromatic rings. The van der Waals surface area contributed by atoms with Gasteiger partial charge in [-0.3, -0.25) is 14.6 Å². The molecule has 0 bridgehead atoms. The number of aliphatic hydroxyl groups is 1. The van der Waals surface area contributed by atoms with Gasteiger partial charge in [-0.25, -0.2) is 0 Å². The predicted molar refractivity (Wildman–Crippen MR) is 115 cm³/mol. The Bertz CT molecular complexity index is 781. The average molecular weight is 414 g/mol. The summed E-state index contributed by atoms with van der Waals surface area (Å²) < 4.78 is 0. The van der Waals surface area contributed by atoms with Crippen molar-refractivity contribution in [3.05, 3.63) is 30.1 Å². The van der Waals surface area contributed by atoms with E-state index in [0.29, 0.717) is 11.7 Å². The summed E-state index contributed by atoms with van der Waals surface area (Å²) in [5.41, 5.74) is 0.472. The molecule has 3 N–H and O–H groups in total. The van der Waals surface area contributed by atoms with E-state index in [9.17, 15) is 14.7 Å². The highest BCUT2D eigenvalue weighted by molar-refractivity contribution is 5.92. The summed E-state index contributed by atoms with van der Waals surface area (Å²) >= 11 is 0. The normalized spacial score (nSPS) is 37.0. The first-order valence-electron chi connectivity index (χ1n) is 11.5. The molecule has 2 amide bonds. The van der Waals surface area contributed by atoms with Crippen LogP contribution in [0.3, 0.4) is 0 Å². The molecule has 0 radical (unpaired) electrons. The maximum Gasteiger partial charge on any atom is 0.270 e.